The molecule has 126 valence electrons. The molecule has 1 amide bonds. The minimum Gasteiger partial charge on any atom is -0.267 e. The molecule has 4 heteroatoms. The molecule has 4 nitrogen and oxygen atoms in total. The third-order valence-electron chi connectivity index (χ3n) is 3.98. The van der Waals surface area contributed by atoms with Crippen molar-refractivity contribution in [3.05, 3.63) is 77.5 Å². The van der Waals surface area contributed by atoms with Crippen LogP contribution in [0.4, 0.5) is 0 Å². The Bertz CT molecular complexity index is 917. The van der Waals surface area contributed by atoms with Gasteiger partial charge in [0.05, 0.1) is 16.8 Å². The molecular weight excluding hydrogens is 310 g/mol. The predicted octanol–water partition coefficient (Wildman–Crippen LogP) is 4.48. The summed E-state index contributed by atoms with van der Waals surface area (Å²) < 4.78 is 0. The first-order valence-electron chi connectivity index (χ1n) is 8.47. The number of carbonyl (C=O) groups excluding carboxylic acids is 1. The van der Waals surface area contributed by atoms with Crippen molar-refractivity contribution < 1.29 is 4.79 Å². The summed E-state index contributed by atoms with van der Waals surface area (Å²) in [5.41, 5.74) is 6.85. The van der Waals surface area contributed by atoms with E-state index in [1.54, 1.807) is 6.07 Å². The van der Waals surface area contributed by atoms with Crippen LogP contribution < -0.4 is 5.43 Å². The van der Waals surface area contributed by atoms with Gasteiger partial charge in [0.2, 0.25) is 0 Å². The normalized spacial score (nSPS) is 11.5. The fraction of sp³-hybridized carbons (Fsp3) is 0.190. The van der Waals surface area contributed by atoms with Crippen LogP contribution >= 0.6 is 0 Å². The van der Waals surface area contributed by atoms with Crippen LogP contribution in [-0.4, -0.2) is 16.6 Å². The number of fused-ring (bicyclic) bond motifs is 1. The number of carbonyl (C=O) groups is 1. The first-order valence-corrected chi connectivity index (χ1v) is 8.47. The number of benzene rings is 2. The Hall–Kier alpha value is -3.01. The van der Waals surface area contributed by atoms with Gasteiger partial charge in [-0.1, -0.05) is 61.9 Å². The average molecular weight is 331 g/mol. The summed E-state index contributed by atoms with van der Waals surface area (Å²) in [6.45, 7) is 3.99. The zero-order valence-electron chi connectivity index (χ0n) is 14.5. The van der Waals surface area contributed by atoms with Crippen molar-refractivity contribution in [2.24, 2.45) is 5.10 Å². The number of amides is 1. The monoisotopic (exact) mass is 331 g/mol. The van der Waals surface area contributed by atoms with Crippen molar-refractivity contribution in [1.29, 1.82) is 0 Å². The Morgan fingerprint density at radius 2 is 1.80 bits per heavy atom. The molecule has 0 saturated carbocycles. The van der Waals surface area contributed by atoms with Crippen LogP contribution in [0.2, 0.25) is 0 Å². The summed E-state index contributed by atoms with van der Waals surface area (Å²) in [7, 11) is 0. The zero-order valence-corrected chi connectivity index (χ0v) is 14.5. The number of pyridine rings is 1. The first-order chi connectivity index (χ1) is 12.2. The molecule has 0 aliphatic heterocycles. The molecule has 1 N–H and O–H groups in total. The number of nitrogens with one attached hydrogen (secondary N) is 1. The number of hydrazone groups is 1. The van der Waals surface area contributed by atoms with Gasteiger partial charge in [-0.05, 0) is 31.0 Å². The van der Waals surface area contributed by atoms with Gasteiger partial charge in [0.15, 0.2) is 0 Å². The zero-order chi connectivity index (χ0) is 17.6. The summed E-state index contributed by atoms with van der Waals surface area (Å²) in [6, 6.07) is 19.4. The van der Waals surface area contributed by atoms with E-state index in [-0.39, 0.29) is 5.91 Å². The van der Waals surface area contributed by atoms with Crippen molar-refractivity contribution in [2.45, 2.75) is 26.7 Å². The Balaban J connectivity index is 1.91. The van der Waals surface area contributed by atoms with Crippen molar-refractivity contribution in [2.75, 3.05) is 0 Å². The highest BCUT2D eigenvalue weighted by atomic mass is 16.2. The van der Waals surface area contributed by atoms with E-state index < -0.39 is 0 Å². The highest BCUT2D eigenvalue weighted by molar-refractivity contribution is 6.07. The summed E-state index contributed by atoms with van der Waals surface area (Å²) in [5.74, 6) is -0.216. The molecule has 0 atom stereocenters. The molecule has 0 fully saturated rings. The van der Waals surface area contributed by atoms with E-state index in [0.717, 1.165) is 40.7 Å². The van der Waals surface area contributed by atoms with Crippen molar-refractivity contribution >= 4 is 22.5 Å². The summed E-state index contributed by atoms with van der Waals surface area (Å²) in [5, 5.41) is 5.22. The molecule has 0 aliphatic rings. The van der Waals surface area contributed by atoms with Gasteiger partial charge in [-0.3, -0.25) is 9.78 Å². The van der Waals surface area contributed by atoms with E-state index >= 15 is 0 Å². The molecule has 0 bridgehead atoms. The fourth-order valence-electron chi connectivity index (χ4n) is 2.81. The highest BCUT2D eigenvalue weighted by Crippen LogP contribution is 2.18. The molecule has 0 radical (unpaired) electrons. The van der Waals surface area contributed by atoms with E-state index in [2.05, 4.69) is 22.4 Å². The quantitative estimate of drug-likeness (QED) is 0.554. The van der Waals surface area contributed by atoms with E-state index in [9.17, 15) is 4.79 Å². The van der Waals surface area contributed by atoms with Gasteiger partial charge in [0.25, 0.3) is 5.91 Å². The second kappa shape index (κ2) is 7.71. The Kier molecular flexibility index (Phi) is 5.19. The van der Waals surface area contributed by atoms with Gasteiger partial charge in [-0.2, -0.15) is 5.10 Å². The molecular formula is C21H21N3O. The van der Waals surface area contributed by atoms with Crippen molar-refractivity contribution in [1.82, 2.24) is 10.4 Å². The Morgan fingerprint density at radius 1 is 1.08 bits per heavy atom. The Labute approximate surface area is 147 Å². The highest BCUT2D eigenvalue weighted by Gasteiger charge is 2.12. The summed E-state index contributed by atoms with van der Waals surface area (Å²) in [4.78, 5) is 17.2. The lowest BCUT2D eigenvalue weighted by atomic mass is 10.1. The van der Waals surface area contributed by atoms with Crippen LogP contribution in [0.3, 0.4) is 0 Å². The van der Waals surface area contributed by atoms with E-state index in [0.29, 0.717) is 5.56 Å². The lowest BCUT2D eigenvalue weighted by molar-refractivity contribution is 0.0956. The summed E-state index contributed by atoms with van der Waals surface area (Å²) in [6.07, 6.45) is 1.77. The van der Waals surface area contributed by atoms with Crippen LogP contribution in [0.25, 0.3) is 10.9 Å². The molecule has 25 heavy (non-hydrogen) atoms. The summed E-state index contributed by atoms with van der Waals surface area (Å²) >= 11 is 0. The first kappa shape index (κ1) is 16.8. The average Bonchev–Trinajstić information content (AvgIpc) is 2.64. The predicted molar refractivity (Wildman–Crippen MR) is 102 cm³/mol. The van der Waals surface area contributed by atoms with Gasteiger partial charge >= 0.3 is 0 Å². The number of aromatic nitrogens is 1. The molecule has 1 heterocycles. The second-order valence-corrected chi connectivity index (χ2v) is 5.94. The molecule has 3 aromatic rings. The molecule has 0 saturated heterocycles. The smallest absolute Gasteiger partial charge is 0.267 e. The largest absolute Gasteiger partial charge is 0.272 e. The van der Waals surface area contributed by atoms with Crippen molar-refractivity contribution in [3.63, 3.8) is 0 Å². The lowest BCUT2D eigenvalue weighted by Crippen LogP contribution is -2.21. The van der Waals surface area contributed by atoms with Crippen LogP contribution in [0.15, 0.2) is 65.8 Å². The fourth-order valence-corrected chi connectivity index (χ4v) is 2.81. The SMILES string of the molecule is CCC/C(=N\NC(=O)c1cc(C)nc2ccccc12)c1ccccc1. The molecule has 2 aromatic carbocycles. The maximum atomic E-state index is 12.7. The molecule has 1 aromatic heterocycles. The number of hydrogen-bond acceptors (Lipinski definition) is 3. The number of para-hydroxylation sites is 1. The van der Waals surface area contributed by atoms with Gasteiger partial charge < -0.3 is 0 Å². The van der Waals surface area contributed by atoms with E-state index in [1.807, 2.05) is 61.5 Å². The van der Waals surface area contributed by atoms with Crippen LogP contribution in [-0.2, 0) is 0 Å². The second-order valence-electron chi connectivity index (χ2n) is 5.94. The molecule has 0 unspecified atom stereocenters. The number of nitrogens with zero attached hydrogens (tertiary/aromatic N) is 2. The van der Waals surface area contributed by atoms with Crippen molar-refractivity contribution in [3.8, 4) is 0 Å². The molecule has 3 rings (SSSR count). The molecule has 0 spiro atoms. The topological polar surface area (TPSA) is 54.4 Å². The maximum Gasteiger partial charge on any atom is 0.272 e. The third-order valence-corrected chi connectivity index (χ3v) is 3.98. The number of hydrogen-bond donors (Lipinski definition) is 1. The van der Waals surface area contributed by atoms with Crippen LogP contribution in [0, 0.1) is 6.92 Å². The van der Waals surface area contributed by atoms with Gasteiger partial charge in [0, 0.05) is 11.1 Å². The maximum absolute atomic E-state index is 12.7. The standard InChI is InChI=1S/C21H21N3O/c1-3-9-19(16-10-5-4-6-11-16)23-24-21(25)18-14-15(2)22-20-13-8-7-12-17(18)20/h4-8,10-14H,3,9H2,1-2H3,(H,24,25)/b23-19+. The minimum absolute atomic E-state index is 0.216. The molecule has 0 aliphatic carbocycles. The number of rotatable bonds is 5. The van der Waals surface area contributed by atoms with Crippen LogP contribution in [0.1, 0.15) is 41.4 Å². The number of aryl methyl sites for hydroxylation is 1. The van der Waals surface area contributed by atoms with E-state index in [4.69, 9.17) is 0 Å². The Morgan fingerprint density at radius 3 is 2.56 bits per heavy atom. The minimum atomic E-state index is -0.216. The van der Waals surface area contributed by atoms with E-state index in [1.165, 1.54) is 0 Å². The van der Waals surface area contributed by atoms with Crippen LogP contribution in [0.5, 0.6) is 0 Å². The van der Waals surface area contributed by atoms with Gasteiger partial charge in [0.1, 0.15) is 0 Å². The lowest BCUT2D eigenvalue weighted by Gasteiger charge is -2.09. The van der Waals surface area contributed by atoms with Gasteiger partial charge in [-0.25, -0.2) is 5.43 Å². The van der Waals surface area contributed by atoms with Gasteiger partial charge in [-0.15, -0.1) is 0 Å². The third kappa shape index (κ3) is 3.91.